The largest absolute Gasteiger partial charge is 0.353 e. The van der Waals surface area contributed by atoms with Crippen LogP contribution in [0.4, 0.5) is 8.78 Å². The number of hydrogen-bond acceptors (Lipinski definition) is 3. The van der Waals surface area contributed by atoms with E-state index in [1.165, 1.54) is 6.26 Å². The smallest absolute Gasteiger partial charge is 0.220 e. The molecule has 1 aromatic carbocycles. The van der Waals surface area contributed by atoms with Crippen molar-refractivity contribution < 1.29 is 22.0 Å². The lowest BCUT2D eigenvalue weighted by Crippen LogP contribution is -2.31. The average molecular weight is 343 g/mol. The van der Waals surface area contributed by atoms with Gasteiger partial charge in [0, 0.05) is 24.6 Å². The van der Waals surface area contributed by atoms with Gasteiger partial charge in [0.1, 0.15) is 21.5 Å². The lowest BCUT2D eigenvalue weighted by molar-refractivity contribution is -0.122. The third-order valence-corrected chi connectivity index (χ3v) is 5.69. The van der Waals surface area contributed by atoms with Crippen LogP contribution in [0.15, 0.2) is 18.2 Å². The van der Waals surface area contributed by atoms with E-state index in [0.717, 1.165) is 31.0 Å². The highest BCUT2D eigenvalue weighted by molar-refractivity contribution is 7.90. The lowest BCUT2D eigenvalue weighted by Gasteiger charge is -2.13. The van der Waals surface area contributed by atoms with Crippen LogP contribution < -0.4 is 5.32 Å². The maximum absolute atomic E-state index is 13.7. The third-order valence-electron chi connectivity index (χ3n) is 4.56. The Morgan fingerprint density at radius 2 is 2.04 bits per heavy atom. The summed E-state index contributed by atoms with van der Waals surface area (Å²) in [6, 6.07) is 3.12. The zero-order chi connectivity index (χ0) is 16.8. The Bertz CT molecular complexity index is 744. The average Bonchev–Trinajstić information content (AvgIpc) is 3.30. The van der Waals surface area contributed by atoms with Gasteiger partial charge in [0.2, 0.25) is 5.91 Å². The summed E-state index contributed by atoms with van der Waals surface area (Å²) in [7, 11) is -3.11. The summed E-state index contributed by atoms with van der Waals surface area (Å²) in [5.41, 5.74) is -0.140. The topological polar surface area (TPSA) is 63.2 Å². The molecule has 2 aliphatic rings. The molecule has 0 radical (unpaired) electrons. The highest BCUT2D eigenvalue weighted by Gasteiger charge is 2.48. The maximum Gasteiger partial charge on any atom is 0.220 e. The third kappa shape index (κ3) is 4.07. The van der Waals surface area contributed by atoms with Gasteiger partial charge in [0.25, 0.3) is 0 Å². The number of benzene rings is 1. The Hall–Kier alpha value is -1.50. The molecule has 23 heavy (non-hydrogen) atoms. The highest BCUT2D eigenvalue weighted by atomic mass is 32.2. The molecule has 4 nitrogen and oxygen atoms in total. The van der Waals surface area contributed by atoms with E-state index in [9.17, 15) is 22.0 Å². The van der Waals surface area contributed by atoms with Crippen LogP contribution in [-0.2, 0) is 14.6 Å². The zero-order valence-electron chi connectivity index (χ0n) is 12.8. The standard InChI is InChI=1S/C16H19F2NO3S/c1-23(21,22)9-16(4-5-16)8-15(20)19-14-7-12(14)11-6-10(17)2-3-13(11)18/h2-3,6,12,14H,4-5,7-9H2,1H3,(H,19,20)/t12-,14+/m1/s1. The molecule has 1 aromatic rings. The Labute approximate surface area is 134 Å². The minimum atomic E-state index is -3.11. The minimum Gasteiger partial charge on any atom is -0.353 e. The fourth-order valence-corrected chi connectivity index (χ4v) is 4.70. The van der Waals surface area contributed by atoms with Crippen LogP contribution in [0.1, 0.15) is 37.2 Å². The number of carbonyl (C=O) groups is 1. The lowest BCUT2D eigenvalue weighted by atomic mass is 10.0. The molecule has 0 spiro atoms. The van der Waals surface area contributed by atoms with Crippen LogP contribution in [0.5, 0.6) is 0 Å². The van der Waals surface area contributed by atoms with E-state index in [1.807, 2.05) is 0 Å². The molecule has 7 heteroatoms. The van der Waals surface area contributed by atoms with Crippen molar-refractivity contribution in [1.29, 1.82) is 0 Å². The first kappa shape index (κ1) is 16.4. The van der Waals surface area contributed by atoms with E-state index in [1.54, 1.807) is 0 Å². The molecule has 126 valence electrons. The number of sulfone groups is 1. The summed E-state index contributed by atoms with van der Waals surface area (Å²) in [5, 5.41) is 2.81. The quantitative estimate of drug-likeness (QED) is 0.861. The summed E-state index contributed by atoms with van der Waals surface area (Å²) in [6.07, 6.45) is 3.40. The Morgan fingerprint density at radius 3 is 2.65 bits per heavy atom. The molecule has 0 saturated heterocycles. The van der Waals surface area contributed by atoms with E-state index < -0.39 is 26.9 Å². The van der Waals surface area contributed by atoms with Gasteiger partial charge in [0.05, 0.1) is 5.75 Å². The SMILES string of the molecule is CS(=O)(=O)CC1(CC(=O)N[C@H]2C[C@@H]2c2cc(F)ccc2F)CC1. The number of hydrogen-bond donors (Lipinski definition) is 1. The molecule has 0 bridgehead atoms. The van der Waals surface area contributed by atoms with Gasteiger partial charge in [-0.05, 0) is 48.4 Å². The Kier molecular flexibility index (Phi) is 3.94. The summed E-state index contributed by atoms with van der Waals surface area (Å²) in [6.45, 7) is 0. The fraction of sp³-hybridized carbons (Fsp3) is 0.562. The minimum absolute atomic E-state index is 0.0278. The number of amides is 1. The van der Waals surface area contributed by atoms with Gasteiger partial charge >= 0.3 is 0 Å². The van der Waals surface area contributed by atoms with Gasteiger partial charge in [-0.25, -0.2) is 17.2 Å². The van der Waals surface area contributed by atoms with Crippen LogP contribution in [0.2, 0.25) is 0 Å². The van der Waals surface area contributed by atoms with Crippen molar-refractivity contribution in [1.82, 2.24) is 5.32 Å². The summed E-state index contributed by atoms with van der Waals surface area (Å²) in [4.78, 5) is 12.1. The van der Waals surface area contributed by atoms with E-state index in [-0.39, 0.29) is 35.6 Å². The predicted molar refractivity (Wildman–Crippen MR) is 81.6 cm³/mol. The van der Waals surface area contributed by atoms with Gasteiger partial charge in [-0.3, -0.25) is 4.79 Å². The fourth-order valence-electron chi connectivity index (χ4n) is 3.20. The molecule has 2 aliphatic carbocycles. The number of halogens is 2. The number of rotatable bonds is 6. The summed E-state index contributed by atoms with van der Waals surface area (Å²) >= 11 is 0. The van der Waals surface area contributed by atoms with Crippen molar-refractivity contribution in [2.45, 2.75) is 37.6 Å². The van der Waals surface area contributed by atoms with E-state index in [4.69, 9.17) is 0 Å². The van der Waals surface area contributed by atoms with Crippen LogP contribution >= 0.6 is 0 Å². The van der Waals surface area contributed by atoms with E-state index >= 15 is 0 Å². The van der Waals surface area contributed by atoms with Crippen LogP contribution in [0.25, 0.3) is 0 Å². The molecule has 1 amide bonds. The van der Waals surface area contributed by atoms with Crippen LogP contribution in [0.3, 0.4) is 0 Å². The van der Waals surface area contributed by atoms with Gasteiger partial charge < -0.3 is 5.32 Å². The monoisotopic (exact) mass is 343 g/mol. The van der Waals surface area contributed by atoms with Gasteiger partial charge in [-0.2, -0.15) is 0 Å². The summed E-state index contributed by atoms with van der Waals surface area (Å²) in [5.74, 6) is -1.36. The second-order valence-corrected chi connectivity index (χ2v) is 9.07. The first-order chi connectivity index (χ1) is 10.7. The molecule has 3 rings (SSSR count). The molecule has 0 unspecified atom stereocenters. The Balaban J connectivity index is 1.56. The van der Waals surface area contributed by atoms with Gasteiger partial charge in [0.15, 0.2) is 0 Å². The zero-order valence-corrected chi connectivity index (χ0v) is 13.6. The van der Waals surface area contributed by atoms with Gasteiger partial charge in [-0.15, -0.1) is 0 Å². The molecule has 2 atom stereocenters. The number of carbonyl (C=O) groups excluding carboxylic acids is 1. The second kappa shape index (κ2) is 5.54. The molecule has 1 N–H and O–H groups in total. The summed E-state index contributed by atoms with van der Waals surface area (Å²) < 4.78 is 49.7. The number of nitrogens with one attached hydrogen (secondary N) is 1. The second-order valence-electron chi connectivity index (χ2n) is 6.93. The maximum atomic E-state index is 13.7. The normalized spacial score (nSPS) is 25.0. The van der Waals surface area contributed by atoms with E-state index in [0.29, 0.717) is 6.42 Å². The molecule has 0 aromatic heterocycles. The van der Waals surface area contributed by atoms with Crippen molar-refractivity contribution in [3.05, 3.63) is 35.4 Å². The molecule has 2 fully saturated rings. The molecule has 0 aliphatic heterocycles. The first-order valence-electron chi connectivity index (χ1n) is 7.60. The molecule has 2 saturated carbocycles. The van der Waals surface area contributed by atoms with E-state index in [2.05, 4.69) is 5.32 Å². The highest BCUT2D eigenvalue weighted by Crippen LogP contribution is 2.50. The molecular formula is C16H19F2NO3S. The predicted octanol–water partition coefficient (Wildman–Crippen LogP) is 2.15. The molecular weight excluding hydrogens is 324 g/mol. The Morgan fingerprint density at radius 1 is 1.35 bits per heavy atom. The van der Waals surface area contributed by atoms with Crippen molar-refractivity contribution in [2.24, 2.45) is 5.41 Å². The first-order valence-corrected chi connectivity index (χ1v) is 9.66. The van der Waals surface area contributed by atoms with Crippen molar-refractivity contribution in [3.63, 3.8) is 0 Å². The molecule has 0 heterocycles. The van der Waals surface area contributed by atoms with Crippen molar-refractivity contribution in [3.8, 4) is 0 Å². The van der Waals surface area contributed by atoms with Crippen LogP contribution in [-0.4, -0.2) is 32.4 Å². The van der Waals surface area contributed by atoms with Crippen LogP contribution in [0, 0.1) is 17.0 Å². The van der Waals surface area contributed by atoms with Crippen molar-refractivity contribution in [2.75, 3.05) is 12.0 Å². The van der Waals surface area contributed by atoms with Gasteiger partial charge in [-0.1, -0.05) is 0 Å². The van der Waals surface area contributed by atoms with Crippen molar-refractivity contribution >= 4 is 15.7 Å².